The van der Waals surface area contributed by atoms with Crippen LogP contribution in [-0.2, 0) is 4.79 Å². The number of rotatable bonds is 1. The van der Waals surface area contributed by atoms with Gasteiger partial charge in [0, 0.05) is 32.1 Å². The molecule has 0 spiro atoms. The summed E-state index contributed by atoms with van der Waals surface area (Å²) >= 11 is 0. The lowest BCUT2D eigenvalue weighted by atomic mass is 9.76. The Morgan fingerprint density at radius 3 is 3.00 bits per heavy atom. The number of fused-ring (bicyclic) bond motifs is 5. The molecule has 0 aliphatic carbocycles. The van der Waals surface area contributed by atoms with Crippen molar-refractivity contribution in [2.45, 2.75) is 31.7 Å². The molecule has 3 aliphatic rings. The second-order valence-electron chi connectivity index (χ2n) is 7.66. The minimum Gasteiger partial charge on any atom is -0.339 e. The van der Waals surface area contributed by atoms with Crippen LogP contribution in [0.15, 0.2) is 30.5 Å². The molecule has 130 valence electrons. The predicted octanol–water partition coefficient (Wildman–Crippen LogP) is 1.81. The van der Waals surface area contributed by atoms with E-state index in [2.05, 4.69) is 10.00 Å². The predicted molar refractivity (Wildman–Crippen MR) is 92.0 cm³/mol. The highest BCUT2D eigenvalue weighted by Crippen LogP contribution is 2.38. The molecule has 3 saturated heterocycles. The number of aromatic nitrogens is 2. The number of hydrogen-bond donors (Lipinski definition) is 0. The molecule has 5 rings (SSSR count). The molecule has 6 heteroatoms. The van der Waals surface area contributed by atoms with Gasteiger partial charge in [0.25, 0.3) is 5.91 Å². The molecule has 0 aromatic carbocycles. The van der Waals surface area contributed by atoms with Crippen LogP contribution in [0.2, 0.25) is 0 Å². The molecule has 0 radical (unpaired) electrons. The number of pyridine rings is 1. The summed E-state index contributed by atoms with van der Waals surface area (Å²) in [5.74, 6) is 1.18. The number of likely N-dealkylation sites (tertiary alicyclic amines) is 1. The maximum atomic E-state index is 13.2. The lowest BCUT2D eigenvalue weighted by molar-refractivity contribution is -0.144. The van der Waals surface area contributed by atoms with Gasteiger partial charge in [0.05, 0.1) is 11.7 Å². The van der Waals surface area contributed by atoms with Gasteiger partial charge >= 0.3 is 0 Å². The van der Waals surface area contributed by atoms with E-state index < -0.39 is 0 Å². The minimum absolute atomic E-state index is 0.0552. The van der Waals surface area contributed by atoms with Crippen LogP contribution in [0.4, 0.5) is 0 Å². The van der Waals surface area contributed by atoms with Crippen molar-refractivity contribution in [3.8, 4) is 0 Å². The number of carbonyl (C=O) groups is 2. The third kappa shape index (κ3) is 2.34. The Bertz CT molecular complexity index is 845. The smallest absolute Gasteiger partial charge is 0.272 e. The third-order valence-corrected chi connectivity index (χ3v) is 6.11. The van der Waals surface area contributed by atoms with E-state index in [-0.39, 0.29) is 5.91 Å². The van der Waals surface area contributed by atoms with E-state index in [9.17, 15) is 9.59 Å². The van der Waals surface area contributed by atoms with Gasteiger partial charge in [-0.2, -0.15) is 5.10 Å². The van der Waals surface area contributed by atoms with Crippen LogP contribution in [0.1, 0.15) is 36.2 Å². The van der Waals surface area contributed by atoms with Crippen LogP contribution in [0, 0.1) is 11.8 Å². The second kappa shape index (κ2) is 5.58. The summed E-state index contributed by atoms with van der Waals surface area (Å²) in [6.07, 6.45) is 5.63. The van der Waals surface area contributed by atoms with Gasteiger partial charge in [0.15, 0.2) is 0 Å². The molecule has 3 atom stereocenters. The Morgan fingerprint density at radius 1 is 1.16 bits per heavy atom. The molecule has 0 N–H and O–H groups in total. The second-order valence-corrected chi connectivity index (χ2v) is 7.66. The Balaban J connectivity index is 1.42. The molecule has 5 heterocycles. The van der Waals surface area contributed by atoms with Gasteiger partial charge in [0.2, 0.25) is 5.91 Å². The minimum atomic E-state index is 0.0552. The zero-order valence-electron chi connectivity index (χ0n) is 14.2. The van der Waals surface area contributed by atoms with Gasteiger partial charge in [0.1, 0.15) is 5.69 Å². The summed E-state index contributed by atoms with van der Waals surface area (Å²) in [4.78, 5) is 29.5. The Hall–Kier alpha value is -2.37. The van der Waals surface area contributed by atoms with Gasteiger partial charge in [-0.15, -0.1) is 0 Å². The largest absolute Gasteiger partial charge is 0.339 e. The number of piperidine rings is 3. The van der Waals surface area contributed by atoms with E-state index in [4.69, 9.17) is 0 Å². The maximum absolute atomic E-state index is 13.2. The summed E-state index contributed by atoms with van der Waals surface area (Å²) in [6, 6.07) is 7.96. The topological polar surface area (TPSA) is 57.9 Å². The van der Waals surface area contributed by atoms with Crippen LogP contribution in [0.3, 0.4) is 0 Å². The van der Waals surface area contributed by atoms with Crippen molar-refractivity contribution in [2.75, 3.05) is 19.6 Å². The fourth-order valence-electron chi connectivity index (χ4n) is 5.05. The first-order chi connectivity index (χ1) is 12.2. The van der Waals surface area contributed by atoms with Gasteiger partial charge in [-0.1, -0.05) is 6.07 Å². The van der Waals surface area contributed by atoms with E-state index in [0.29, 0.717) is 35.9 Å². The van der Waals surface area contributed by atoms with E-state index in [0.717, 1.165) is 44.4 Å². The van der Waals surface area contributed by atoms with Gasteiger partial charge in [-0.05, 0) is 49.3 Å². The zero-order chi connectivity index (χ0) is 17.0. The summed E-state index contributed by atoms with van der Waals surface area (Å²) in [5.41, 5.74) is 1.56. The zero-order valence-corrected chi connectivity index (χ0v) is 14.2. The summed E-state index contributed by atoms with van der Waals surface area (Å²) in [5, 5.41) is 4.30. The number of amides is 2. The fraction of sp³-hybridized carbons (Fsp3) is 0.526. The van der Waals surface area contributed by atoms with Crippen molar-refractivity contribution in [1.29, 1.82) is 0 Å². The molecule has 3 aliphatic heterocycles. The molecule has 2 aromatic rings. The molecule has 3 fully saturated rings. The van der Waals surface area contributed by atoms with E-state index >= 15 is 0 Å². The highest BCUT2D eigenvalue weighted by Gasteiger charge is 2.45. The fourth-order valence-corrected chi connectivity index (χ4v) is 5.05. The first kappa shape index (κ1) is 14.9. The van der Waals surface area contributed by atoms with Crippen molar-refractivity contribution in [3.05, 3.63) is 36.2 Å². The number of nitrogens with zero attached hydrogens (tertiary/aromatic N) is 4. The van der Waals surface area contributed by atoms with Crippen molar-refractivity contribution in [3.63, 3.8) is 0 Å². The van der Waals surface area contributed by atoms with E-state index in [1.54, 1.807) is 10.7 Å². The molecule has 2 aromatic heterocycles. The van der Waals surface area contributed by atoms with Crippen molar-refractivity contribution in [2.24, 2.45) is 11.8 Å². The lowest BCUT2D eigenvalue weighted by Crippen LogP contribution is -2.61. The van der Waals surface area contributed by atoms with Crippen molar-refractivity contribution >= 4 is 17.3 Å². The molecule has 2 bridgehead atoms. The highest BCUT2D eigenvalue weighted by atomic mass is 16.2. The van der Waals surface area contributed by atoms with Crippen molar-refractivity contribution in [1.82, 2.24) is 19.4 Å². The molecule has 0 saturated carbocycles. The first-order valence-corrected chi connectivity index (χ1v) is 9.22. The van der Waals surface area contributed by atoms with E-state index in [1.165, 1.54) is 0 Å². The SMILES string of the molecule is O=C(c1cccc2ccnn12)N1C[C@H]2C[C@H](C1)[C@@H]1CCCC(=O)N1C2. The lowest BCUT2D eigenvalue weighted by Gasteiger charge is -2.52. The summed E-state index contributed by atoms with van der Waals surface area (Å²) < 4.78 is 1.73. The summed E-state index contributed by atoms with van der Waals surface area (Å²) in [7, 11) is 0. The van der Waals surface area contributed by atoms with Gasteiger partial charge in [-0.25, -0.2) is 4.52 Å². The van der Waals surface area contributed by atoms with Crippen LogP contribution in [0.5, 0.6) is 0 Å². The van der Waals surface area contributed by atoms with Crippen LogP contribution >= 0.6 is 0 Å². The van der Waals surface area contributed by atoms with Gasteiger partial charge < -0.3 is 9.80 Å². The average molecular weight is 338 g/mol. The molecular weight excluding hydrogens is 316 g/mol. The van der Waals surface area contributed by atoms with Crippen LogP contribution in [0.25, 0.3) is 5.52 Å². The first-order valence-electron chi connectivity index (χ1n) is 9.22. The Morgan fingerprint density at radius 2 is 2.08 bits per heavy atom. The molecule has 2 amide bonds. The highest BCUT2D eigenvalue weighted by molar-refractivity contribution is 5.93. The van der Waals surface area contributed by atoms with E-state index in [1.807, 2.05) is 29.2 Å². The maximum Gasteiger partial charge on any atom is 0.272 e. The number of carbonyl (C=O) groups excluding carboxylic acids is 2. The summed E-state index contributed by atoms with van der Waals surface area (Å²) in [6.45, 7) is 2.31. The molecule has 6 nitrogen and oxygen atoms in total. The Labute approximate surface area is 146 Å². The monoisotopic (exact) mass is 338 g/mol. The molecular formula is C19H22N4O2. The molecule has 25 heavy (non-hydrogen) atoms. The number of hydrogen-bond acceptors (Lipinski definition) is 3. The van der Waals surface area contributed by atoms with Crippen molar-refractivity contribution < 1.29 is 9.59 Å². The Kier molecular flexibility index (Phi) is 3.33. The average Bonchev–Trinajstić information content (AvgIpc) is 3.11. The van der Waals surface area contributed by atoms with Crippen LogP contribution in [-0.4, -0.2) is 56.9 Å². The van der Waals surface area contributed by atoms with Crippen LogP contribution < -0.4 is 0 Å². The van der Waals surface area contributed by atoms with Gasteiger partial charge in [-0.3, -0.25) is 9.59 Å². The third-order valence-electron chi connectivity index (χ3n) is 6.11. The normalized spacial score (nSPS) is 29.0. The quantitative estimate of drug-likeness (QED) is 0.797. The standard InChI is InChI=1S/C19H22N4O2/c24-18-6-2-4-16-14-9-13(11-22(16)18)10-21(12-14)19(25)17-5-1-3-15-7-8-20-23(15)17/h1,3,5,7-8,13-14,16H,2,4,6,9-12H2/t13-,14-,16+/m1/s1. The molecule has 0 unspecified atom stereocenters.